The van der Waals surface area contributed by atoms with Crippen molar-refractivity contribution < 1.29 is 9.53 Å². The van der Waals surface area contributed by atoms with Crippen LogP contribution in [0.15, 0.2) is 48.5 Å². The van der Waals surface area contributed by atoms with E-state index in [2.05, 4.69) is 20.8 Å². The molecule has 1 heterocycles. The Morgan fingerprint density at radius 1 is 1.19 bits per heavy atom. The molecule has 2 aromatic carbocycles. The zero-order valence-electron chi connectivity index (χ0n) is 15.1. The summed E-state index contributed by atoms with van der Waals surface area (Å²) in [6.45, 7) is 0. The van der Waals surface area contributed by atoms with Gasteiger partial charge in [0.05, 0.1) is 11.7 Å². The number of halogens is 1. The molecule has 0 aliphatic carbocycles. The highest BCUT2D eigenvalue weighted by Crippen LogP contribution is 2.31. The van der Waals surface area contributed by atoms with E-state index in [0.717, 1.165) is 11.3 Å². The van der Waals surface area contributed by atoms with Crippen molar-refractivity contribution in [2.24, 2.45) is 0 Å². The van der Waals surface area contributed by atoms with Crippen molar-refractivity contribution in [3.05, 3.63) is 64.9 Å². The Labute approximate surface area is 161 Å². The summed E-state index contributed by atoms with van der Waals surface area (Å²) in [6, 6.07) is 14.3. The molecule has 1 amide bonds. The molecule has 0 radical (unpaired) electrons. The molecule has 140 valence electrons. The van der Waals surface area contributed by atoms with Gasteiger partial charge >= 0.3 is 6.09 Å². The van der Waals surface area contributed by atoms with E-state index in [0.29, 0.717) is 16.6 Å². The van der Waals surface area contributed by atoms with Crippen LogP contribution in [0.1, 0.15) is 17.4 Å². The summed E-state index contributed by atoms with van der Waals surface area (Å²) in [6.07, 6.45) is -0.530. The van der Waals surface area contributed by atoms with E-state index in [1.807, 2.05) is 43.3 Å². The van der Waals surface area contributed by atoms with E-state index in [4.69, 9.17) is 16.3 Å². The maximum Gasteiger partial charge on any atom is 0.412 e. The van der Waals surface area contributed by atoms with E-state index in [-0.39, 0.29) is 6.04 Å². The number of aromatic nitrogens is 4. The summed E-state index contributed by atoms with van der Waals surface area (Å²) < 4.78 is 6.74. The van der Waals surface area contributed by atoms with Crippen LogP contribution in [-0.2, 0) is 0 Å². The van der Waals surface area contributed by atoms with Gasteiger partial charge in [-0.15, -0.1) is 5.10 Å². The van der Waals surface area contributed by atoms with Crippen LogP contribution in [0.2, 0.25) is 5.02 Å². The molecule has 0 unspecified atom stereocenters. The number of hydrogen-bond donors (Lipinski definition) is 1. The summed E-state index contributed by atoms with van der Waals surface area (Å²) in [7, 11) is 5.38. The summed E-state index contributed by atoms with van der Waals surface area (Å²) in [5.74, 6) is 1.04. The van der Waals surface area contributed by atoms with Crippen LogP contribution in [0, 0.1) is 0 Å². The second kappa shape index (κ2) is 8.15. The quantitative estimate of drug-likeness (QED) is 0.725. The Morgan fingerprint density at radius 3 is 2.52 bits per heavy atom. The fraction of sp³-hybridized carbons (Fsp3) is 0.222. The van der Waals surface area contributed by atoms with Gasteiger partial charge in [0, 0.05) is 12.1 Å². The van der Waals surface area contributed by atoms with Gasteiger partial charge in [-0.1, -0.05) is 29.8 Å². The van der Waals surface area contributed by atoms with Gasteiger partial charge in [0.15, 0.2) is 5.82 Å². The molecule has 0 aliphatic heterocycles. The first kappa shape index (κ1) is 18.8. The first-order chi connectivity index (χ1) is 13.0. The number of tetrazole rings is 1. The van der Waals surface area contributed by atoms with E-state index < -0.39 is 6.09 Å². The van der Waals surface area contributed by atoms with Crippen molar-refractivity contribution in [2.75, 3.05) is 21.1 Å². The minimum atomic E-state index is -0.530. The van der Waals surface area contributed by atoms with Crippen LogP contribution >= 0.6 is 11.6 Å². The van der Waals surface area contributed by atoms with E-state index >= 15 is 0 Å². The van der Waals surface area contributed by atoms with Crippen molar-refractivity contribution in [3.63, 3.8) is 0 Å². The minimum absolute atomic E-state index is 0.240. The van der Waals surface area contributed by atoms with Gasteiger partial charge in [0.2, 0.25) is 0 Å². The Balaban J connectivity index is 1.97. The number of hydrogen-bond acceptors (Lipinski definition) is 6. The van der Waals surface area contributed by atoms with Crippen LogP contribution < -0.4 is 10.1 Å². The second-order valence-corrected chi connectivity index (χ2v) is 6.38. The van der Waals surface area contributed by atoms with Crippen molar-refractivity contribution in [1.82, 2.24) is 30.4 Å². The summed E-state index contributed by atoms with van der Waals surface area (Å²) in [4.78, 5) is 13.3. The number of benzene rings is 2. The number of nitrogens with zero attached hydrogens (tertiary/aromatic N) is 5. The van der Waals surface area contributed by atoms with Crippen molar-refractivity contribution in [1.29, 1.82) is 0 Å². The van der Waals surface area contributed by atoms with Crippen molar-refractivity contribution in [2.45, 2.75) is 6.04 Å². The molecule has 1 N–H and O–H groups in total. The number of amides is 1. The SMILES string of the molecule is CNC(=O)Oc1ccc(-n2nnnc2[C@H](c2ccccc2Cl)N(C)C)cc1. The van der Waals surface area contributed by atoms with Gasteiger partial charge in [-0.25, -0.2) is 4.79 Å². The highest BCUT2D eigenvalue weighted by Gasteiger charge is 2.26. The van der Waals surface area contributed by atoms with Crippen molar-refractivity contribution >= 4 is 17.7 Å². The lowest BCUT2D eigenvalue weighted by molar-refractivity contribution is 0.203. The molecule has 0 saturated carbocycles. The van der Waals surface area contributed by atoms with Gasteiger partial charge < -0.3 is 10.1 Å². The normalized spacial score (nSPS) is 12.0. The Kier molecular flexibility index (Phi) is 5.68. The van der Waals surface area contributed by atoms with Crippen LogP contribution in [0.4, 0.5) is 4.79 Å². The average Bonchev–Trinajstić information content (AvgIpc) is 3.13. The smallest absolute Gasteiger partial charge is 0.410 e. The van der Waals surface area contributed by atoms with E-state index in [9.17, 15) is 4.79 Å². The zero-order valence-corrected chi connectivity index (χ0v) is 15.9. The average molecular weight is 387 g/mol. The predicted molar refractivity (Wildman–Crippen MR) is 101 cm³/mol. The molecule has 27 heavy (non-hydrogen) atoms. The number of carbonyl (C=O) groups is 1. The van der Waals surface area contributed by atoms with Crippen molar-refractivity contribution in [3.8, 4) is 11.4 Å². The number of rotatable bonds is 5. The van der Waals surface area contributed by atoms with Crippen LogP contribution in [-0.4, -0.2) is 52.3 Å². The van der Waals surface area contributed by atoms with Gasteiger partial charge in [-0.2, -0.15) is 4.68 Å². The second-order valence-electron chi connectivity index (χ2n) is 5.97. The van der Waals surface area contributed by atoms with Crippen LogP contribution in [0.25, 0.3) is 5.69 Å². The molecule has 8 nitrogen and oxygen atoms in total. The zero-order chi connectivity index (χ0) is 19.4. The molecular weight excluding hydrogens is 368 g/mol. The summed E-state index contributed by atoms with van der Waals surface area (Å²) in [5, 5.41) is 15.2. The lowest BCUT2D eigenvalue weighted by Gasteiger charge is -2.24. The van der Waals surface area contributed by atoms with Gasteiger partial charge in [-0.3, -0.25) is 4.90 Å². The summed E-state index contributed by atoms with van der Waals surface area (Å²) in [5.41, 5.74) is 1.64. The third kappa shape index (κ3) is 4.07. The molecule has 0 spiro atoms. The molecule has 0 aliphatic rings. The monoisotopic (exact) mass is 386 g/mol. The van der Waals surface area contributed by atoms with Gasteiger partial charge in [0.1, 0.15) is 5.75 Å². The third-order valence-electron chi connectivity index (χ3n) is 3.95. The first-order valence-corrected chi connectivity index (χ1v) is 8.58. The highest BCUT2D eigenvalue weighted by molar-refractivity contribution is 6.31. The molecule has 3 aromatic rings. The molecule has 0 bridgehead atoms. The molecule has 0 fully saturated rings. The fourth-order valence-corrected chi connectivity index (χ4v) is 2.95. The predicted octanol–water partition coefficient (Wildman–Crippen LogP) is 2.68. The van der Waals surface area contributed by atoms with E-state index in [1.165, 1.54) is 7.05 Å². The molecule has 3 rings (SSSR count). The van der Waals surface area contributed by atoms with Crippen LogP contribution in [0.3, 0.4) is 0 Å². The third-order valence-corrected chi connectivity index (χ3v) is 4.29. The molecular formula is C18H19ClN6O2. The lowest BCUT2D eigenvalue weighted by Crippen LogP contribution is -2.25. The Hall–Kier alpha value is -2.97. The maximum absolute atomic E-state index is 11.3. The highest BCUT2D eigenvalue weighted by atomic mass is 35.5. The van der Waals surface area contributed by atoms with E-state index in [1.54, 1.807) is 28.9 Å². The minimum Gasteiger partial charge on any atom is -0.410 e. The summed E-state index contributed by atoms with van der Waals surface area (Å²) >= 11 is 6.40. The van der Waals surface area contributed by atoms with Crippen LogP contribution in [0.5, 0.6) is 5.75 Å². The number of ether oxygens (including phenoxy) is 1. The largest absolute Gasteiger partial charge is 0.412 e. The Bertz CT molecular complexity index is 926. The molecule has 0 saturated heterocycles. The Morgan fingerprint density at radius 2 is 1.89 bits per heavy atom. The number of carbonyl (C=O) groups excluding carboxylic acids is 1. The number of nitrogens with one attached hydrogen (secondary N) is 1. The fourth-order valence-electron chi connectivity index (χ4n) is 2.71. The topological polar surface area (TPSA) is 85.2 Å². The first-order valence-electron chi connectivity index (χ1n) is 8.20. The molecule has 1 atom stereocenters. The van der Waals surface area contributed by atoms with Gasteiger partial charge in [-0.05, 0) is 60.4 Å². The van der Waals surface area contributed by atoms with Gasteiger partial charge in [0.25, 0.3) is 0 Å². The molecule has 1 aromatic heterocycles. The standard InChI is InChI=1S/C18H19ClN6O2/c1-20-18(26)27-13-10-8-12(9-11-13)25-17(21-22-23-25)16(24(2)3)14-6-4-5-7-15(14)19/h4-11,16H,1-3H3,(H,20,26)/t16-/m0/s1. The lowest BCUT2D eigenvalue weighted by atomic mass is 10.1. The maximum atomic E-state index is 11.3. The molecule has 9 heteroatoms.